The lowest BCUT2D eigenvalue weighted by Gasteiger charge is -1.82. The molecule has 4 heteroatoms. The average molecular weight is 165 g/mol. The van der Waals surface area contributed by atoms with Gasteiger partial charge in [-0.15, -0.1) is 11.3 Å². The smallest absolute Gasteiger partial charge is 0.126 e. The van der Waals surface area contributed by atoms with Crippen molar-refractivity contribution in [2.45, 2.75) is 6.92 Å². The van der Waals surface area contributed by atoms with Crippen LogP contribution < -0.4 is 0 Å². The molecule has 1 N–H and O–H groups in total. The molecule has 56 valence electrons. The molecule has 0 fully saturated rings. The molecule has 0 aliphatic rings. The van der Waals surface area contributed by atoms with E-state index < -0.39 is 0 Å². The number of thiazole rings is 1. The SMILES string of the molecule is Cc1cnc(-c2cn[nH]c2)s1. The van der Waals surface area contributed by atoms with Gasteiger partial charge in [0, 0.05) is 22.8 Å². The van der Waals surface area contributed by atoms with Crippen LogP contribution in [0.5, 0.6) is 0 Å². The van der Waals surface area contributed by atoms with E-state index in [-0.39, 0.29) is 0 Å². The highest BCUT2D eigenvalue weighted by atomic mass is 32.1. The van der Waals surface area contributed by atoms with Gasteiger partial charge in [-0.3, -0.25) is 5.10 Å². The van der Waals surface area contributed by atoms with E-state index >= 15 is 0 Å². The van der Waals surface area contributed by atoms with Crippen LogP contribution >= 0.6 is 11.3 Å². The highest BCUT2D eigenvalue weighted by molar-refractivity contribution is 7.14. The second-order valence-electron chi connectivity index (χ2n) is 2.26. The van der Waals surface area contributed by atoms with E-state index in [1.807, 2.05) is 19.3 Å². The second kappa shape index (κ2) is 2.47. The van der Waals surface area contributed by atoms with Gasteiger partial charge < -0.3 is 0 Å². The van der Waals surface area contributed by atoms with Crippen molar-refractivity contribution in [1.29, 1.82) is 0 Å². The number of H-pyrrole nitrogens is 1. The van der Waals surface area contributed by atoms with Gasteiger partial charge in [-0.25, -0.2) is 4.98 Å². The fraction of sp³-hybridized carbons (Fsp3) is 0.143. The molecule has 0 saturated carbocycles. The zero-order valence-corrected chi connectivity index (χ0v) is 6.85. The van der Waals surface area contributed by atoms with Crippen LogP contribution in [0.3, 0.4) is 0 Å². The summed E-state index contributed by atoms with van der Waals surface area (Å²) in [6.45, 7) is 2.04. The van der Waals surface area contributed by atoms with Gasteiger partial charge in [0.05, 0.1) is 6.20 Å². The molecule has 0 saturated heterocycles. The molecule has 0 aliphatic carbocycles. The van der Waals surface area contributed by atoms with Crippen LogP contribution in [-0.4, -0.2) is 15.2 Å². The van der Waals surface area contributed by atoms with Crippen LogP contribution in [0, 0.1) is 6.92 Å². The van der Waals surface area contributed by atoms with Crippen LogP contribution in [0.4, 0.5) is 0 Å². The maximum absolute atomic E-state index is 4.22. The van der Waals surface area contributed by atoms with E-state index in [2.05, 4.69) is 15.2 Å². The Morgan fingerprint density at radius 3 is 2.91 bits per heavy atom. The number of nitrogens with zero attached hydrogens (tertiary/aromatic N) is 2. The second-order valence-corrected chi connectivity index (χ2v) is 3.50. The summed E-state index contributed by atoms with van der Waals surface area (Å²) in [5.41, 5.74) is 1.06. The Balaban J connectivity index is 2.45. The Bertz CT molecular complexity index is 336. The van der Waals surface area contributed by atoms with Crippen molar-refractivity contribution in [3.05, 3.63) is 23.5 Å². The van der Waals surface area contributed by atoms with Gasteiger partial charge in [0.1, 0.15) is 5.01 Å². The summed E-state index contributed by atoms with van der Waals surface area (Å²) in [7, 11) is 0. The van der Waals surface area contributed by atoms with Crippen LogP contribution in [0.25, 0.3) is 10.6 Å². The molecule has 0 spiro atoms. The van der Waals surface area contributed by atoms with E-state index in [1.54, 1.807) is 17.5 Å². The number of aromatic nitrogens is 3. The Hall–Kier alpha value is -1.16. The third-order valence-electron chi connectivity index (χ3n) is 1.37. The van der Waals surface area contributed by atoms with E-state index in [0.717, 1.165) is 10.6 Å². The van der Waals surface area contributed by atoms with Gasteiger partial charge in [0.25, 0.3) is 0 Å². The van der Waals surface area contributed by atoms with Crippen molar-refractivity contribution >= 4 is 11.3 Å². The summed E-state index contributed by atoms with van der Waals surface area (Å²) < 4.78 is 0. The number of rotatable bonds is 1. The Morgan fingerprint density at radius 2 is 2.36 bits per heavy atom. The first-order valence-electron chi connectivity index (χ1n) is 3.28. The monoisotopic (exact) mass is 165 g/mol. The molecule has 0 bridgehead atoms. The molecule has 2 aromatic heterocycles. The van der Waals surface area contributed by atoms with Crippen molar-refractivity contribution in [2.75, 3.05) is 0 Å². The minimum atomic E-state index is 1.02. The maximum Gasteiger partial charge on any atom is 0.126 e. The minimum Gasteiger partial charge on any atom is -0.285 e. The first-order valence-corrected chi connectivity index (χ1v) is 4.09. The molecule has 3 nitrogen and oxygen atoms in total. The van der Waals surface area contributed by atoms with E-state index in [1.165, 1.54) is 4.88 Å². The number of aryl methyl sites for hydroxylation is 1. The number of hydrogen-bond acceptors (Lipinski definition) is 3. The summed E-state index contributed by atoms with van der Waals surface area (Å²) >= 11 is 1.67. The molecule has 0 unspecified atom stereocenters. The predicted molar refractivity (Wildman–Crippen MR) is 44.4 cm³/mol. The third kappa shape index (κ3) is 1.17. The maximum atomic E-state index is 4.22. The van der Waals surface area contributed by atoms with Gasteiger partial charge in [-0.2, -0.15) is 5.10 Å². The first-order chi connectivity index (χ1) is 5.36. The fourth-order valence-electron chi connectivity index (χ4n) is 0.856. The molecular formula is C7H7N3S. The zero-order valence-electron chi connectivity index (χ0n) is 6.03. The summed E-state index contributed by atoms with van der Waals surface area (Å²) in [6, 6.07) is 0. The molecule has 0 atom stereocenters. The highest BCUT2D eigenvalue weighted by Gasteiger charge is 2.01. The normalized spacial score (nSPS) is 10.3. The number of hydrogen-bond donors (Lipinski definition) is 1. The minimum absolute atomic E-state index is 1.02. The number of nitrogens with one attached hydrogen (secondary N) is 1. The molecule has 2 aromatic rings. The largest absolute Gasteiger partial charge is 0.285 e. The molecular weight excluding hydrogens is 158 g/mol. The van der Waals surface area contributed by atoms with Crippen LogP contribution in [-0.2, 0) is 0 Å². The van der Waals surface area contributed by atoms with Crippen LogP contribution in [0.1, 0.15) is 4.88 Å². The van der Waals surface area contributed by atoms with Gasteiger partial charge in [-0.1, -0.05) is 0 Å². The first kappa shape index (κ1) is 6.54. The highest BCUT2D eigenvalue weighted by Crippen LogP contribution is 2.22. The van der Waals surface area contributed by atoms with Gasteiger partial charge >= 0.3 is 0 Å². The standard InChI is InChI=1S/C7H7N3S/c1-5-2-8-7(11-5)6-3-9-10-4-6/h2-4H,1H3,(H,9,10). The lowest BCUT2D eigenvalue weighted by Crippen LogP contribution is -1.66. The van der Waals surface area contributed by atoms with Crippen molar-refractivity contribution < 1.29 is 0 Å². The lowest BCUT2D eigenvalue weighted by molar-refractivity contribution is 1.09. The predicted octanol–water partition coefficient (Wildman–Crippen LogP) is 1.84. The van der Waals surface area contributed by atoms with Crippen LogP contribution in [0.2, 0.25) is 0 Å². The molecule has 0 radical (unpaired) electrons. The van der Waals surface area contributed by atoms with Crippen LogP contribution in [0.15, 0.2) is 18.6 Å². The molecule has 0 aromatic carbocycles. The molecule has 2 heterocycles. The zero-order chi connectivity index (χ0) is 7.68. The quantitative estimate of drug-likeness (QED) is 0.700. The van der Waals surface area contributed by atoms with Crippen molar-refractivity contribution in [3.63, 3.8) is 0 Å². The van der Waals surface area contributed by atoms with Crippen molar-refractivity contribution in [1.82, 2.24) is 15.2 Å². The summed E-state index contributed by atoms with van der Waals surface area (Å²) in [5.74, 6) is 0. The van der Waals surface area contributed by atoms with E-state index in [9.17, 15) is 0 Å². The Morgan fingerprint density at radius 1 is 1.45 bits per heavy atom. The van der Waals surface area contributed by atoms with Crippen molar-refractivity contribution in [3.8, 4) is 10.6 Å². The topological polar surface area (TPSA) is 41.6 Å². The van der Waals surface area contributed by atoms with Gasteiger partial charge in [0.2, 0.25) is 0 Å². The summed E-state index contributed by atoms with van der Waals surface area (Å²) in [6.07, 6.45) is 5.49. The van der Waals surface area contributed by atoms with Gasteiger partial charge in [-0.05, 0) is 6.92 Å². The third-order valence-corrected chi connectivity index (χ3v) is 2.33. The molecule has 0 aliphatic heterocycles. The van der Waals surface area contributed by atoms with E-state index in [0.29, 0.717) is 0 Å². The fourth-order valence-corrected chi connectivity index (χ4v) is 1.60. The van der Waals surface area contributed by atoms with E-state index in [4.69, 9.17) is 0 Å². The number of aromatic amines is 1. The summed E-state index contributed by atoms with van der Waals surface area (Å²) in [5, 5.41) is 7.63. The summed E-state index contributed by atoms with van der Waals surface area (Å²) in [4.78, 5) is 5.44. The molecule has 2 rings (SSSR count). The van der Waals surface area contributed by atoms with Gasteiger partial charge in [0.15, 0.2) is 0 Å². The average Bonchev–Trinajstić information content (AvgIpc) is 2.55. The lowest BCUT2D eigenvalue weighted by atomic mass is 10.4. The Kier molecular flexibility index (Phi) is 1.47. The molecule has 11 heavy (non-hydrogen) atoms. The molecule has 0 amide bonds. The Labute approximate surface area is 68.1 Å². The van der Waals surface area contributed by atoms with Crippen molar-refractivity contribution in [2.24, 2.45) is 0 Å².